The molecule has 12 heavy (non-hydrogen) atoms. The molecule has 0 saturated heterocycles. The molecule has 0 saturated carbocycles. The van der Waals surface area contributed by atoms with Gasteiger partial charge in [0.25, 0.3) is 0 Å². The summed E-state index contributed by atoms with van der Waals surface area (Å²) in [6.07, 6.45) is 11.8. The Morgan fingerprint density at radius 2 is 1.33 bits per heavy atom. The Balaban J connectivity index is 2.73. The summed E-state index contributed by atoms with van der Waals surface area (Å²) in [6.45, 7) is 2.28. The molecule has 0 spiro atoms. The topological polar surface area (TPSA) is 0 Å². The molecule has 0 nitrogen and oxygen atoms in total. The van der Waals surface area contributed by atoms with Crippen molar-refractivity contribution in [2.45, 2.75) is 62.7 Å². The monoisotopic (exact) mass is 388 g/mol. The molecule has 0 N–H and O–H groups in total. The van der Waals surface area contributed by atoms with Gasteiger partial charge in [-0.25, -0.2) is 0 Å². The molecule has 0 amide bonds. The van der Waals surface area contributed by atoms with Gasteiger partial charge in [-0.1, -0.05) is 0 Å². The van der Waals surface area contributed by atoms with Crippen molar-refractivity contribution in [3.63, 3.8) is 0 Å². The third-order valence-corrected chi connectivity index (χ3v) is 7.29. The van der Waals surface area contributed by atoms with Gasteiger partial charge in [-0.3, -0.25) is 0 Å². The van der Waals surface area contributed by atoms with E-state index in [9.17, 15) is 0 Å². The number of unbranched alkanes of at least 4 members (excludes halogenated alkanes) is 7. The fourth-order valence-corrected chi connectivity index (χ4v) is 4.98. The summed E-state index contributed by atoms with van der Waals surface area (Å²) in [5.41, 5.74) is 0. The Hall–Kier alpha value is 1.53. The van der Waals surface area contributed by atoms with Crippen LogP contribution in [0.4, 0.5) is 0 Å². The third-order valence-electron chi connectivity index (χ3n) is 2.12. The fraction of sp³-hybridized carbons (Fsp3) is 1.00. The van der Waals surface area contributed by atoms with Gasteiger partial charge in [-0.05, 0) is 0 Å². The molecule has 0 aromatic rings. The molecule has 0 atom stereocenters. The molecular formula is C10H21ISn+2. The van der Waals surface area contributed by atoms with Crippen LogP contribution in [0.1, 0.15) is 58.3 Å². The molecule has 0 aromatic heterocycles. The van der Waals surface area contributed by atoms with Crippen LogP contribution >= 0.6 is 18.6 Å². The zero-order valence-corrected chi connectivity index (χ0v) is 13.3. The van der Waals surface area contributed by atoms with Gasteiger partial charge in [0.15, 0.2) is 0 Å². The quantitative estimate of drug-likeness (QED) is 0.308. The van der Waals surface area contributed by atoms with E-state index in [2.05, 4.69) is 25.6 Å². The van der Waals surface area contributed by atoms with Crippen molar-refractivity contribution < 1.29 is 0 Å². The Labute approximate surface area is 97.7 Å². The van der Waals surface area contributed by atoms with E-state index in [-0.39, 0.29) is 17.2 Å². The van der Waals surface area contributed by atoms with Crippen LogP contribution in [-0.4, -0.2) is 17.2 Å². The normalized spacial score (nSPS) is 9.83. The maximum absolute atomic E-state index is 2.64. The van der Waals surface area contributed by atoms with E-state index in [0.717, 1.165) is 0 Å². The first-order chi connectivity index (χ1) is 5.91. The van der Waals surface area contributed by atoms with Gasteiger partial charge in [-0.2, -0.15) is 0 Å². The van der Waals surface area contributed by atoms with Crippen LogP contribution in [0.3, 0.4) is 0 Å². The average Bonchev–Trinajstić information content (AvgIpc) is 2.10. The summed E-state index contributed by atoms with van der Waals surface area (Å²) < 4.78 is 1.60. The van der Waals surface area contributed by atoms with Crippen molar-refractivity contribution in [2.75, 3.05) is 0 Å². The number of hydrogen-bond donors (Lipinski definition) is 0. The summed E-state index contributed by atoms with van der Waals surface area (Å²) >= 11 is 2.75. The van der Waals surface area contributed by atoms with Gasteiger partial charge in [0.05, 0.1) is 0 Å². The molecule has 0 aliphatic carbocycles. The van der Waals surface area contributed by atoms with Gasteiger partial charge in [-0.15, -0.1) is 0 Å². The molecule has 0 radical (unpaired) electrons. The van der Waals surface area contributed by atoms with Crippen LogP contribution in [0, 0.1) is 0 Å². The first-order valence-electron chi connectivity index (χ1n) is 5.25. The van der Waals surface area contributed by atoms with Gasteiger partial charge >= 0.3 is 98.5 Å². The third kappa shape index (κ3) is 11.5. The number of hydrogen-bond acceptors (Lipinski definition) is 0. The van der Waals surface area contributed by atoms with Crippen molar-refractivity contribution in [3.05, 3.63) is 0 Å². The molecule has 0 aromatic carbocycles. The average molecular weight is 387 g/mol. The molecule has 0 heterocycles. The number of rotatable bonds is 9. The van der Waals surface area contributed by atoms with E-state index in [1.54, 1.807) is 4.44 Å². The van der Waals surface area contributed by atoms with Gasteiger partial charge < -0.3 is 0 Å². The Bertz CT molecular complexity index is 66.2. The second-order valence-corrected chi connectivity index (χ2v) is 10.7. The van der Waals surface area contributed by atoms with E-state index in [1.165, 1.54) is 51.4 Å². The van der Waals surface area contributed by atoms with Crippen molar-refractivity contribution in [2.24, 2.45) is 0 Å². The molecule has 0 unspecified atom stereocenters. The minimum atomic E-state index is 0.111. The van der Waals surface area contributed by atoms with Crippen molar-refractivity contribution in [1.82, 2.24) is 0 Å². The second kappa shape index (κ2) is 12.5. The predicted octanol–water partition coefficient (Wildman–Crippen LogP) is 4.60. The fourth-order valence-electron chi connectivity index (χ4n) is 1.33. The Kier molecular flexibility index (Phi) is 14.1. The molecule has 0 aliphatic rings. The molecule has 0 aliphatic heterocycles. The summed E-state index contributed by atoms with van der Waals surface area (Å²) in [5.74, 6) is 0. The van der Waals surface area contributed by atoms with Gasteiger partial charge in [0.2, 0.25) is 0 Å². The molecular weight excluding hydrogens is 366 g/mol. The second-order valence-electron chi connectivity index (χ2n) is 3.36. The summed E-state index contributed by atoms with van der Waals surface area (Å²) in [6, 6.07) is 0. The Morgan fingerprint density at radius 1 is 0.833 bits per heavy atom. The van der Waals surface area contributed by atoms with E-state index in [4.69, 9.17) is 0 Å². The van der Waals surface area contributed by atoms with E-state index >= 15 is 0 Å². The molecule has 70 valence electrons. The molecule has 0 bridgehead atoms. The summed E-state index contributed by atoms with van der Waals surface area (Å²) in [5, 5.41) is 0. The predicted molar refractivity (Wildman–Crippen MR) is 67.2 cm³/mol. The van der Waals surface area contributed by atoms with Crippen LogP contribution in [0.5, 0.6) is 0 Å². The van der Waals surface area contributed by atoms with Crippen LogP contribution in [0.25, 0.3) is 0 Å². The zero-order chi connectivity index (χ0) is 9.07. The first kappa shape index (κ1) is 13.5. The van der Waals surface area contributed by atoms with E-state index in [0.29, 0.717) is 0 Å². The van der Waals surface area contributed by atoms with Crippen molar-refractivity contribution >= 4 is 35.8 Å². The number of halogens is 1. The van der Waals surface area contributed by atoms with E-state index in [1.807, 2.05) is 0 Å². The van der Waals surface area contributed by atoms with Crippen LogP contribution in [0.15, 0.2) is 0 Å². The summed E-state index contributed by atoms with van der Waals surface area (Å²) in [7, 11) is 0. The van der Waals surface area contributed by atoms with Gasteiger partial charge in [0, 0.05) is 0 Å². The molecule has 0 rings (SSSR count). The first-order valence-corrected chi connectivity index (χ1v) is 15.6. The molecule has 0 fully saturated rings. The van der Waals surface area contributed by atoms with Crippen LogP contribution in [0.2, 0.25) is 4.44 Å². The minimum absolute atomic E-state index is 0.111. The Morgan fingerprint density at radius 3 is 1.83 bits per heavy atom. The molecule has 2 heteroatoms. The summed E-state index contributed by atoms with van der Waals surface area (Å²) in [4.78, 5) is 0. The SMILES string of the molecule is CCCCCCCCC[CH2][Sn+2][I]. The van der Waals surface area contributed by atoms with Crippen molar-refractivity contribution in [3.8, 4) is 0 Å². The van der Waals surface area contributed by atoms with Gasteiger partial charge in [0.1, 0.15) is 0 Å². The van der Waals surface area contributed by atoms with E-state index < -0.39 is 0 Å². The maximum atomic E-state index is 2.64. The van der Waals surface area contributed by atoms with Crippen LogP contribution < -0.4 is 0 Å². The van der Waals surface area contributed by atoms with Crippen LogP contribution in [-0.2, 0) is 0 Å². The van der Waals surface area contributed by atoms with Crippen molar-refractivity contribution in [1.29, 1.82) is 0 Å². The zero-order valence-electron chi connectivity index (χ0n) is 8.24. The standard InChI is InChI=1S/C10H21.HI.Sn/c1-3-5-7-9-10-8-6-4-2;;/h1,3-10H2,2H3;1H;/q;;+3/p-1.